The van der Waals surface area contributed by atoms with Crippen LogP contribution in [0.15, 0.2) is 24.3 Å². The lowest BCUT2D eigenvalue weighted by Crippen LogP contribution is -2.54. The van der Waals surface area contributed by atoms with Crippen molar-refractivity contribution in [1.29, 1.82) is 0 Å². The van der Waals surface area contributed by atoms with E-state index in [0.717, 1.165) is 45.2 Å². The molecule has 0 saturated heterocycles. The van der Waals surface area contributed by atoms with Crippen LogP contribution in [0.1, 0.15) is 30.4 Å². The standard InChI is InChI=1S/C16H20N2OS/c17-14(20)16(8-3-9-16)15(19)18-10-6-12-4-1-2-5-13(12)7-11-18/h1-2,4-5H,3,6-11H2,(H2,17,20). The Balaban J connectivity index is 1.77. The van der Waals surface area contributed by atoms with Gasteiger partial charge in [0.25, 0.3) is 0 Å². The Morgan fingerprint density at radius 3 is 2.10 bits per heavy atom. The molecule has 0 radical (unpaired) electrons. The van der Waals surface area contributed by atoms with Gasteiger partial charge in [-0.05, 0) is 36.8 Å². The average molecular weight is 288 g/mol. The summed E-state index contributed by atoms with van der Waals surface area (Å²) in [5, 5.41) is 0. The Bertz CT molecular complexity index is 524. The summed E-state index contributed by atoms with van der Waals surface area (Å²) in [6, 6.07) is 8.46. The third-order valence-corrected chi connectivity index (χ3v) is 5.19. The fourth-order valence-electron chi connectivity index (χ4n) is 3.27. The molecule has 1 aliphatic carbocycles. The molecule has 1 fully saturated rings. The summed E-state index contributed by atoms with van der Waals surface area (Å²) >= 11 is 5.16. The van der Waals surface area contributed by atoms with Crippen molar-refractivity contribution >= 4 is 23.1 Å². The van der Waals surface area contributed by atoms with Crippen LogP contribution >= 0.6 is 12.2 Å². The second-order valence-electron chi connectivity index (χ2n) is 5.86. The number of rotatable bonds is 2. The summed E-state index contributed by atoms with van der Waals surface area (Å²) in [5.74, 6) is 0.157. The van der Waals surface area contributed by atoms with Crippen LogP contribution in [0, 0.1) is 5.41 Å². The normalized spacial score (nSPS) is 20.5. The Kier molecular flexibility index (Phi) is 3.50. The summed E-state index contributed by atoms with van der Waals surface area (Å²) in [6.07, 6.45) is 4.55. The van der Waals surface area contributed by atoms with Gasteiger partial charge in [0, 0.05) is 13.1 Å². The van der Waals surface area contributed by atoms with Gasteiger partial charge >= 0.3 is 0 Å². The highest BCUT2D eigenvalue weighted by molar-refractivity contribution is 7.80. The van der Waals surface area contributed by atoms with Gasteiger partial charge in [0.1, 0.15) is 0 Å². The van der Waals surface area contributed by atoms with E-state index in [1.54, 1.807) is 0 Å². The number of nitrogens with two attached hydrogens (primary N) is 1. The Morgan fingerprint density at radius 1 is 1.15 bits per heavy atom. The van der Waals surface area contributed by atoms with Crippen molar-refractivity contribution in [3.63, 3.8) is 0 Å². The van der Waals surface area contributed by atoms with E-state index in [1.165, 1.54) is 11.1 Å². The molecule has 0 spiro atoms. The van der Waals surface area contributed by atoms with E-state index in [4.69, 9.17) is 18.0 Å². The van der Waals surface area contributed by atoms with Gasteiger partial charge in [-0.25, -0.2) is 0 Å². The zero-order valence-corrected chi connectivity index (χ0v) is 12.4. The van der Waals surface area contributed by atoms with Crippen LogP contribution in [0.2, 0.25) is 0 Å². The molecular formula is C16H20N2OS. The van der Waals surface area contributed by atoms with Crippen LogP contribution in [0.5, 0.6) is 0 Å². The van der Waals surface area contributed by atoms with Gasteiger partial charge in [0.05, 0.1) is 10.4 Å². The molecule has 1 amide bonds. The first-order valence-electron chi connectivity index (χ1n) is 7.29. The number of benzene rings is 1. The van der Waals surface area contributed by atoms with Crippen molar-refractivity contribution in [2.45, 2.75) is 32.1 Å². The van der Waals surface area contributed by atoms with E-state index in [1.807, 2.05) is 4.90 Å². The molecule has 2 aliphatic rings. The molecular weight excluding hydrogens is 268 g/mol. The Morgan fingerprint density at radius 2 is 1.70 bits per heavy atom. The first-order chi connectivity index (χ1) is 9.63. The van der Waals surface area contributed by atoms with Crippen LogP contribution in [0.25, 0.3) is 0 Å². The molecule has 106 valence electrons. The maximum Gasteiger partial charge on any atom is 0.235 e. The minimum absolute atomic E-state index is 0.157. The van der Waals surface area contributed by atoms with Crippen molar-refractivity contribution in [2.24, 2.45) is 11.1 Å². The minimum Gasteiger partial charge on any atom is -0.392 e. The zero-order chi connectivity index (χ0) is 14.2. The number of hydrogen-bond acceptors (Lipinski definition) is 2. The summed E-state index contributed by atoms with van der Waals surface area (Å²) in [7, 11) is 0. The predicted molar refractivity (Wildman–Crippen MR) is 83.5 cm³/mol. The number of carbonyl (C=O) groups excluding carboxylic acids is 1. The Labute approximate surface area is 125 Å². The first-order valence-corrected chi connectivity index (χ1v) is 7.70. The monoisotopic (exact) mass is 288 g/mol. The van der Waals surface area contributed by atoms with Gasteiger partial charge in [-0.15, -0.1) is 0 Å². The fraction of sp³-hybridized carbons (Fsp3) is 0.500. The number of carbonyl (C=O) groups is 1. The fourth-order valence-corrected chi connectivity index (χ4v) is 3.56. The lowest BCUT2D eigenvalue weighted by molar-refractivity contribution is -0.141. The summed E-state index contributed by atoms with van der Waals surface area (Å²) in [4.78, 5) is 15.2. The van der Waals surface area contributed by atoms with Gasteiger partial charge in [-0.3, -0.25) is 4.79 Å². The van der Waals surface area contributed by atoms with E-state index in [-0.39, 0.29) is 5.91 Å². The van der Waals surface area contributed by atoms with Crippen molar-refractivity contribution in [3.8, 4) is 0 Å². The second-order valence-corrected chi connectivity index (χ2v) is 6.30. The van der Waals surface area contributed by atoms with Crippen molar-refractivity contribution in [3.05, 3.63) is 35.4 Å². The van der Waals surface area contributed by atoms with Gasteiger partial charge in [0.2, 0.25) is 5.91 Å². The summed E-state index contributed by atoms with van der Waals surface area (Å²) in [5.41, 5.74) is 8.04. The molecule has 0 aromatic heterocycles. The van der Waals surface area contributed by atoms with Gasteiger partial charge in [0.15, 0.2) is 0 Å². The van der Waals surface area contributed by atoms with E-state index < -0.39 is 5.41 Å². The summed E-state index contributed by atoms with van der Waals surface area (Å²) < 4.78 is 0. The highest BCUT2D eigenvalue weighted by Gasteiger charge is 2.48. The maximum absolute atomic E-state index is 12.8. The number of thiocarbonyl (C=S) groups is 1. The molecule has 1 aromatic rings. The predicted octanol–water partition coefficient (Wildman–Crippen LogP) is 2.07. The number of amides is 1. The molecule has 1 aliphatic heterocycles. The molecule has 3 rings (SSSR count). The first kappa shape index (κ1) is 13.6. The zero-order valence-electron chi connectivity index (χ0n) is 11.6. The van der Waals surface area contributed by atoms with E-state index in [2.05, 4.69) is 24.3 Å². The largest absolute Gasteiger partial charge is 0.392 e. The van der Waals surface area contributed by atoms with Crippen molar-refractivity contribution in [2.75, 3.05) is 13.1 Å². The topological polar surface area (TPSA) is 46.3 Å². The lowest BCUT2D eigenvalue weighted by Gasteiger charge is -2.42. The smallest absolute Gasteiger partial charge is 0.235 e. The van der Waals surface area contributed by atoms with Crippen LogP contribution < -0.4 is 5.73 Å². The van der Waals surface area contributed by atoms with E-state index in [9.17, 15) is 4.79 Å². The molecule has 1 saturated carbocycles. The van der Waals surface area contributed by atoms with Gasteiger partial charge in [-0.2, -0.15) is 0 Å². The molecule has 3 nitrogen and oxygen atoms in total. The molecule has 2 N–H and O–H groups in total. The Hall–Kier alpha value is -1.42. The maximum atomic E-state index is 12.8. The summed E-state index contributed by atoms with van der Waals surface area (Å²) in [6.45, 7) is 1.56. The highest BCUT2D eigenvalue weighted by atomic mass is 32.1. The van der Waals surface area contributed by atoms with Crippen LogP contribution in [0.4, 0.5) is 0 Å². The second kappa shape index (κ2) is 5.17. The van der Waals surface area contributed by atoms with E-state index in [0.29, 0.717) is 4.99 Å². The molecule has 20 heavy (non-hydrogen) atoms. The molecule has 1 aromatic carbocycles. The van der Waals surface area contributed by atoms with Crippen molar-refractivity contribution in [1.82, 2.24) is 4.90 Å². The number of fused-ring (bicyclic) bond motifs is 1. The lowest BCUT2D eigenvalue weighted by atomic mass is 9.67. The van der Waals surface area contributed by atoms with Crippen LogP contribution in [0.3, 0.4) is 0 Å². The van der Waals surface area contributed by atoms with Gasteiger partial charge < -0.3 is 10.6 Å². The third kappa shape index (κ3) is 2.12. The highest BCUT2D eigenvalue weighted by Crippen LogP contribution is 2.43. The quantitative estimate of drug-likeness (QED) is 0.848. The van der Waals surface area contributed by atoms with Crippen LogP contribution in [-0.2, 0) is 17.6 Å². The molecule has 1 heterocycles. The SMILES string of the molecule is NC(=S)C1(C(=O)N2CCc3ccccc3CC2)CCC1. The van der Waals surface area contributed by atoms with Gasteiger partial charge in [-0.1, -0.05) is 42.9 Å². The number of nitrogens with zero attached hydrogens (tertiary/aromatic N) is 1. The molecule has 0 atom stereocenters. The minimum atomic E-state index is -0.536. The average Bonchev–Trinajstić information content (AvgIpc) is 2.59. The molecule has 0 unspecified atom stereocenters. The number of hydrogen-bond donors (Lipinski definition) is 1. The van der Waals surface area contributed by atoms with Crippen molar-refractivity contribution < 1.29 is 4.79 Å². The van der Waals surface area contributed by atoms with E-state index >= 15 is 0 Å². The third-order valence-electron chi connectivity index (χ3n) is 4.80. The molecule has 4 heteroatoms. The molecule has 0 bridgehead atoms. The van der Waals surface area contributed by atoms with Crippen LogP contribution in [-0.4, -0.2) is 28.9 Å².